The van der Waals surface area contributed by atoms with E-state index in [1.807, 2.05) is 0 Å². The molecule has 2 aliphatic rings. The zero-order chi connectivity index (χ0) is 11.0. The molecule has 2 saturated heterocycles. The number of hydrogen-bond acceptors (Lipinski definition) is 4. The summed E-state index contributed by atoms with van der Waals surface area (Å²) in [5.41, 5.74) is 0. The Morgan fingerprint density at radius 3 is 2.67 bits per heavy atom. The van der Waals surface area contributed by atoms with Crippen LogP contribution in [0.3, 0.4) is 0 Å². The van der Waals surface area contributed by atoms with E-state index in [-0.39, 0.29) is 24.9 Å². The summed E-state index contributed by atoms with van der Waals surface area (Å²) < 4.78 is 11.5. The highest BCUT2D eigenvalue weighted by molar-refractivity contribution is 5.02. The molecule has 86 valence electrons. The monoisotopic (exact) mass is 213 g/mol. The van der Waals surface area contributed by atoms with E-state index in [4.69, 9.17) is 9.47 Å². The normalized spacial score (nSPS) is 45.7. The molecule has 0 aliphatic carbocycles. The van der Waals surface area contributed by atoms with Crippen molar-refractivity contribution in [3.63, 3.8) is 0 Å². The van der Waals surface area contributed by atoms with E-state index in [1.54, 1.807) is 0 Å². The van der Waals surface area contributed by atoms with E-state index in [2.05, 4.69) is 25.9 Å². The minimum absolute atomic E-state index is 0.109. The van der Waals surface area contributed by atoms with Gasteiger partial charge >= 0.3 is 0 Å². The van der Waals surface area contributed by atoms with Gasteiger partial charge in [-0.2, -0.15) is 4.91 Å². The molecule has 0 radical (unpaired) electrons. The Bertz CT molecular complexity index is 246. The molecule has 0 aromatic heterocycles. The predicted molar refractivity (Wildman–Crippen MR) is 56.6 cm³/mol. The fourth-order valence-corrected chi connectivity index (χ4v) is 2.55. The Kier molecular flexibility index (Phi) is 3.07. The van der Waals surface area contributed by atoms with Gasteiger partial charge in [-0.15, -0.1) is 0 Å². The second-order valence-corrected chi connectivity index (χ2v) is 4.76. The van der Waals surface area contributed by atoms with Crippen LogP contribution in [0.15, 0.2) is 5.18 Å². The smallest absolute Gasteiger partial charge is 0.113 e. The first-order chi connectivity index (χ1) is 7.19. The number of ether oxygens (including phenoxy) is 2. The molecule has 4 heteroatoms. The minimum Gasteiger partial charge on any atom is -0.369 e. The van der Waals surface area contributed by atoms with Crippen LogP contribution in [0.5, 0.6) is 0 Å². The molecule has 0 N–H and O–H groups in total. The number of nitrogens with zero attached hydrogens (tertiary/aromatic N) is 1. The van der Waals surface area contributed by atoms with Gasteiger partial charge < -0.3 is 9.47 Å². The van der Waals surface area contributed by atoms with Crippen LogP contribution in [0.2, 0.25) is 0 Å². The van der Waals surface area contributed by atoms with Crippen LogP contribution in [0.4, 0.5) is 0 Å². The predicted octanol–water partition coefficient (Wildman–Crippen LogP) is 1.97. The van der Waals surface area contributed by atoms with Crippen molar-refractivity contribution >= 4 is 0 Å². The highest BCUT2D eigenvalue weighted by Crippen LogP contribution is 2.43. The molecule has 0 amide bonds. The Morgan fingerprint density at radius 1 is 1.33 bits per heavy atom. The van der Waals surface area contributed by atoms with Gasteiger partial charge in [-0.3, -0.25) is 0 Å². The lowest BCUT2D eigenvalue weighted by atomic mass is 9.85. The van der Waals surface area contributed by atoms with Crippen LogP contribution < -0.4 is 0 Å². The molecule has 0 aromatic rings. The van der Waals surface area contributed by atoms with Crippen molar-refractivity contribution in [1.29, 1.82) is 0 Å². The molecule has 2 rings (SSSR count). The quantitative estimate of drug-likeness (QED) is 0.530. The van der Waals surface area contributed by atoms with Crippen LogP contribution in [0.25, 0.3) is 0 Å². The lowest BCUT2D eigenvalue weighted by molar-refractivity contribution is -0.0836. The van der Waals surface area contributed by atoms with Gasteiger partial charge in [-0.05, 0) is 5.92 Å². The number of nitroso groups, excluding NO2 is 1. The zero-order valence-electron chi connectivity index (χ0n) is 9.55. The molecule has 2 aliphatic heterocycles. The third-order valence-electron chi connectivity index (χ3n) is 3.76. The minimum atomic E-state index is -0.109. The molecule has 6 unspecified atom stereocenters. The second kappa shape index (κ2) is 4.18. The maximum Gasteiger partial charge on any atom is 0.113 e. The van der Waals surface area contributed by atoms with E-state index >= 15 is 0 Å². The van der Waals surface area contributed by atoms with Gasteiger partial charge in [-0.25, -0.2) is 0 Å². The van der Waals surface area contributed by atoms with Gasteiger partial charge in [0.15, 0.2) is 0 Å². The summed E-state index contributed by atoms with van der Waals surface area (Å²) in [6.07, 6.45) is 1.61. The third kappa shape index (κ3) is 1.93. The molecule has 15 heavy (non-hydrogen) atoms. The first-order valence-corrected chi connectivity index (χ1v) is 5.79. The van der Waals surface area contributed by atoms with Gasteiger partial charge in [0.25, 0.3) is 0 Å². The molecule has 6 atom stereocenters. The zero-order valence-corrected chi connectivity index (χ0v) is 9.55. The van der Waals surface area contributed by atoms with Crippen LogP contribution in [-0.4, -0.2) is 31.0 Å². The summed E-state index contributed by atoms with van der Waals surface area (Å²) in [6, 6.07) is 0. The van der Waals surface area contributed by atoms with Gasteiger partial charge in [0.05, 0.1) is 12.2 Å². The maximum atomic E-state index is 10.3. The first kappa shape index (κ1) is 11.0. The molecular formula is C11H19NO3. The van der Waals surface area contributed by atoms with E-state index in [0.29, 0.717) is 17.9 Å². The highest BCUT2D eigenvalue weighted by atomic mass is 16.6. The number of hydrogen-bond donors (Lipinski definition) is 0. The standard InChI is InChI=1S/C11H19NO3/c1-4-6(2)9-7(3)10-11(15-10)8(14-9)5-12-13/h6-11H,4-5H2,1-3H3. The molecule has 0 spiro atoms. The lowest BCUT2D eigenvalue weighted by Crippen LogP contribution is -2.44. The van der Waals surface area contributed by atoms with E-state index in [1.165, 1.54) is 0 Å². The van der Waals surface area contributed by atoms with Gasteiger partial charge in [0.2, 0.25) is 0 Å². The number of epoxide rings is 1. The fraction of sp³-hybridized carbons (Fsp3) is 1.00. The molecule has 0 saturated carbocycles. The molecule has 2 fully saturated rings. The van der Waals surface area contributed by atoms with Crippen molar-refractivity contribution in [3.8, 4) is 0 Å². The number of rotatable bonds is 4. The molecule has 0 bridgehead atoms. The van der Waals surface area contributed by atoms with Gasteiger partial charge in [0, 0.05) is 5.92 Å². The van der Waals surface area contributed by atoms with Crippen molar-refractivity contribution < 1.29 is 9.47 Å². The van der Waals surface area contributed by atoms with Crippen LogP contribution in [-0.2, 0) is 9.47 Å². The average molecular weight is 213 g/mol. The summed E-state index contributed by atoms with van der Waals surface area (Å²) in [5.74, 6) is 0.951. The van der Waals surface area contributed by atoms with Crippen molar-refractivity contribution in [3.05, 3.63) is 4.91 Å². The van der Waals surface area contributed by atoms with Crippen molar-refractivity contribution in [1.82, 2.24) is 0 Å². The molecule has 4 nitrogen and oxygen atoms in total. The summed E-state index contributed by atoms with van der Waals surface area (Å²) in [5, 5.41) is 2.93. The Balaban J connectivity index is 2.02. The molecule has 0 aromatic carbocycles. The van der Waals surface area contributed by atoms with Crippen LogP contribution >= 0.6 is 0 Å². The summed E-state index contributed by atoms with van der Waals surface area (Å²) >= 11 is 0. The van der Waals surface area contributed by atoms with Crippen molar-refractivity contribution in [2.75, 3.05) is 6.54 Å². The Morgan fingerprint density at radius 2 is 2.07 bits per heavy atom. The van der Waals surface area contributed by atoms with E-state index in [9.17, 15) is 4.91 Å². The summed E-state index contributed by atoms with van der Waals surface area (Å²) in [4.78, 5) is 10.3. The van der Waals surface area contributed by atoms with Crippen molar-refractivity contribution in [2.24, 2.45) is 17.0 Å². The van der Waals surface area contributed by atoms with Gasteiger partial charge in [0.1, 0.15) is 18.8 Å². The van der Waals surface area contributed by atoms with Crippen LogP contribution in [0, 0.1) is 16.7 Å². The van der Waals surface area contributed by atoms with Gasteiger partial charge in [-0.1, -0.05) is 32.4 Å². The Labute approximate surface area is 90.3 Å². The Hall–Kier alpha value is -0.480. The first-order valence-electron chi connectivity index (χ1n) is 5.79. The average Bonchev–Trinajstić information content (AvgIpc) is 3.01. The van der Waals surface area contributed by atoms with E-state index < -0.39 is 0 Å². The topological polar surface area (TPSA) is 51.2 Å². The largest absolute Gasteiger partial charge is 0.369 e. The SMILES string of the molecule is CCC(C)C1OC(CN=O)C2OC2C1C. The maximum absolute atomic E-state index is 10.3. The summed E-state index contributed by atoms with van der Waals surface area (Å²) in [6.45, 7) is 6.75. The molecular weight excluding hydrogens is 194 g/mol. The second-order valence-electron chi connectivity index (χ2n) is 4.76. The highest BCUT2D eigenvalue weighted by Gasteiger charge is 2.56. The van der Waals surface area contributed by atoms with Crippen molar-refractivity contribution in [2.45, 2.75) is 51.6 Å². The lowest BCUT2D eigenvalue weighted by Gasteiger charge is -2.34. The van der Waals surface area contributed by atoms with Crippen LogP contribution in [0.1, 0.15) is 27.2 Å². The summed E-state index contributed by atoms with van der Waals surface area (Å²) in [7, 11) is 0. The third-order valence-corrected chi connectivity index (χ3v) is 3.76. The fourth-order valence-electron chi connectivity index (χ4n) is 2.55. The molecule has 2 heterocycles. The van der Waals surface area contributed by atoms with E-state index in [0.717, 1.165) is 6.42 Å². The number of fused-ring (bicyclic) bond motifs is 1.